The number of nitrogens with zero attached hydrogens (tertiary/aromatic N) is 3. The number of aliphatic imine (C=N–C) groups is 1. The molecule has 2 unspecified atom stereocenters. The molecule has 1 heterocycles. The van der Waals surface area contributed by atoms with Crippen LogP contribution in [0.5, 0.6) is 0 Å². The van der Waals surface area contributed by atoms with Crippen LogP contribution in [-0.4, -0.2) is 36.0 Å². The van der Waals surface area contributed by atoms with Gasteiger partial charge in [0.15, 0.2) is 5.96 Å². The molecule has 4 nitrogen and oxygen atoms in total. The Balaban J connectivity index is 0.00000192. The van der Waals surface area contributed by atoms with Crippen LogP contribution < -0.4 is 5.32 Å². The van der Waals surface area contributed by atoms with E-state index in [1.54, 1.807) is 11.3 Å². The number of hydrogen-bond donors (Lipinski definition) is 1. The molecule has 1 aromatic heterocycles. The second-order valence-corrected chi connectivity index (χ2v) is 7.87. The molecule has 0 bridgehead atoms. The molecule has 0 aromatic carbocycles. The maximum absolute atomic E-state index is 4.54. The lowest BCUT2D eigenvalue weighted by molar-refractivity contribution is 0.314. The van der Waals surface area contributed by atoms with Gasteiger partial charge in [-0.25, -0.2) is 4.98 Å². The first-order valence-corrected chi connectivity index (χ1v) is 9.41. The topological polar surface area (TPSA) is 40.5 Å². The number of thiazole rings is 1. The van der Waals surface area contributed by atoms with Gasteiger partial charge in [0, 0.05) is 25.5 Å². The average molecular weight is 448 g/mol. The monoisotopic (exact) mass is 448 g/mol. The van der Waals surface area contributed by atoms with Crippen molar-refractivity contribution in [3.05, 3.63) is 16.1 Å². The van der Waals surface area contributed by atoms with E-state index in [0.717, 1.165) is 35.0 Å². The van der Waals surface area contributed by atoms with E-state index in [1.165, 1.54) is 38.5 Å². The maximum Gasteiger partial charge on any atom is 0.193 e. The standard InChI is InChI=1S/C17H28N4S.HI/c1-12-19-14(11-22-12)10-21(3)17(18-2)20-16-9-15(16)13-7-5-4-6-8-13;/h11,13,15-16H,4-10H2,1-3H3,(H,18,20);1H. The molecule has 23 heavy (non-hydrogen) atoms. The summed E-state index contributed by atoms with van der Waals surface area (Å²) in [6, 6.07) is 0.640. The van der Waals surface area contributed by atoms with Crippen LogP contribution in [0.2, 0.25) is 0 Å². The lowest BCUT2D eigenvalue weighted by atomic mass is 9.85. The quantitative estimate of drug-likeness (QED) is 0.429. The van der Waals surface area contributed by atoms with Crippen molar-refractivity contribution in [3.63, 3.8) is 0 Å². The number of guanidine groups is 1. The van der Waals surface area contributed by atoms with Gasteiger partial charge in [0.25, 0.3) is 0 Å². The van der Waals surface area contributed by atoms with Crippen LogP contribution >= 0.6 is 35.3 Å². The average Bonchev–Trinajstić information content (AvgIpc) is 3.19. The first-order valence-electron chi connectivity index (χ1n) is 8.53. The lowest BCUT2D eigenvalue weighted by Gasteiger charge is -2.24. The van der Waals surface area contributed by atoms with Gasteiger partial charge in [-0.1, -0.05) is 32.1 Å². The highest BCUT2D eigenvalue weighted by molar-refractivity contribution is 14.0. The summed E-state index contributed by atoms with van der Waals surface area (Å²) in [6.07, 6.45) is 8.52. The van der Waals surface area contributed by atoms with Crippen LogP contribution in [0.25, 0.3) is 0 Å². The predicted octanol–water partition coefficient (Wildman–Crippen LogP) is 4.05. The van der Waals surface area contributed by atoms with Crippen molar-refractivity contribution in [2.45, 2.75) is 58.0 Å². The zero-order valence-corrected chi connectivity index (χ0v) is 17.6. The van der Waals surface area contributed by atoms with Crippen LogP contribution in [0.3, 0.4) is 0 Å². The molecule has 0 radical (unpaired) electrons. The number of nitrogens with one attached hydrogen (secondary N) is 1. The number of rotatable bonds is 4. The third kappa shape index (κ3) is 5.05. The Hall–Kier alpha value is -0.370. The van der Waals surface area contributed by atoms with Crippen molar-refractivity contribution in [2.75, 3.05) is 14.1 Å². The third-order valence-corrected chi connectivity index (χ3v) is 5.87. The minimum Gasteiger partial charge on any atom is -0.353 e. The molecule has 2 aliphatic rings. The van der Waals surface area contributed by atoms with E-state index in [2.05, 4.69) is 39.5 Å². The SMILES string of the molecule is CN=C(NC1CC1C1CCCCC1)N(C)Cc1csc(C)n1.I. The van der Waals surface area contributed by atoms with Gasteiger partial charge in [-0.2, -0.15) is 0 Å². The summed E-state index contributed by atoms with van der Waals surface area (Å²) >= 11 is 1.71. The Morgan fingerprint density at radius 3 is 2.74 bits per heavy atom. The van der Waals surface area contributed by atoms with E-state index in [9.17, 15) is 0 Å². The Bertz CT molecular complexity index is 524. The van der Waals surface area contributed by atoms with Gasteiger partial charge in [-0.3, -0.25) is 4.99 Å². The fourth-order valence-electron chi connectivity index (χ4n) is 3.77. The second-order valence-electron chi connectivity index (χ2n) is 6.81. The van der Waals surface area contributed by atoms with Crippen LogP contribution in [0.1, 0.15) is 49.2 Å². The predicted molar refractivity (Wildman–Crippen MR) is 109 cm³/mol. The summed E-state index contributed by atoms with van der Waals surface area (Å²) in [7, 11) is 3.98. The van der Waals surface area contributed by atoms with E-state index >= 15 is 0 Å². The number of hydrogen-bond acceptors (Lipinski definition) is 3. The van der Waals surface area contributed by atoms with Crippen molar-refractivity contribution in [3.8, 4) is 0 Å². The van der Waals surface area contributed by atoms with E-state index in [0.29, 0.717) is 6.04 Å². The van der Waals surface area contributed by atoms with Gasteiger partial charge in [-0.15, -0.1) is 35.3 Å². The molecule has 1 N–H and O–H groups in total. The Morgan fingerprint density at radius 2 is 2.13 bits per heavy atom. The number of aromatic nitrogens is 1. The first kappa shape index (κ1) is 19.0. The van der Waals surface area contributed by atoms with Crippen molar-refractivity contribution in [1.82, 2.24) is 15.2 Å². The van der Waals surface area contributed by atoms with Gasteiger partial charge in [0.1, 0.15) is 0 Å². The molecule has 0 spiro atoms. The zero-order chi connectivity index (χ0) is 15.5. The summed E-state index contributed by atoms with van der Waals surface area (Å²) in [6.45, 7) is 2.88. The molecular formula is C17H29IN4S. The van der Waals surface area contributed by atoms with Gasteiger partial charge >= 0.3 is 0 Å². The highest BCUT2D eigenvalue weighted by atomic mass is 127. The minimum atomic E-state index is 0. The summed E-state index contributed by atoms with van der Waals surface area (Å²) in [5.74, 6) is 2.84. The molecule has 2 atom stereocenters. The highest BCUT2D eigenvalue weighted by Crippen LogP contribution is 2.44. The maximum atomic E-state index is 4.54. The molecule has 2 saturated carbocycles. The molecule has 0 aliphatic heterocycles. The molecule has 130 valence electrons. The molecule has 0 amide bonds. The zero-order valence-electron chi connectivity index (χ0n) is 14.4. The minimum absolute atomic E-state index is 0. The first-order chi connectivity index (χ1) is 10.7. The van der Waals surface area contributed by atoms with Gasteiger partial charge in [-0.05, 0) is 25.2 Å². The van der Waals surface area contributed by atoms with Crippen LogP contribution in [0.15, 0.2) is 10.4 Å². The van der Waals surface area contributed by atoms with Crippen LogP contribution in [0, 0.1) is 18.8 Å². The van der Waals surface area contributed by atoms with E-state index in [-0.39, 0.29) is 24.0 Å². The highest BCUT2D eigenvalue weighted by Gasteiger charge is 2.43. The molecule has 0 saturated heterocycles. The molecule has 3 rings (SSSR count). The fourth-order valence-corrected chi connectivity index (χ4v) is 4.38. The van der Waals surface area contributed by atoms with Crippen molar-refractivity contribution >= 4 is 41.3 Å². The Kier molecular flexibility index (Phi) is 7.13. The summed E-state index contributed by atoms with van der Waals surface area (Å²) < 4.78 is 0. The molecule has 2 aliphatic carbocycles. The van der Waals surface area contributed by atoms with Gasteiger partial charge < -0.3 is 10.2 Å². The van der Waals surface area contributed by atoms with E-state index in [4.69, 9.17) is 0 Å². The van der Waals surface area contributed by atoms with Crippen molar-refractivity contribution in [2.24, 2.45) is 16.8 Å². The summed E-state index contributed by atoms with van der Waals surface area (Å²) in [4.78, 5) is 11.2. The molecular weight excluding hydrogens is 419 g/mol. The third-order valence-electron chi connectivity index (χ3n) is 5.05. The normalized spacial score (nSPS) is 24.9. The summed E-state index contributed by atoms with van der Waals surface area (Å²) in [5.41, 5.74) is 1.13. The summed E-state index contributed by atoms with van der Waals surface area (Å²) in [5, 5.41) is 6.94. The smallest absolute Gasteiger partial charge is 0.193 e. The lowest BCUT2D eigenvalue weighted by Crippen LogP contribution is -2.40. The molecule has 6 heteroatoms. The fraction of sp³-hybridized carbons (Fsp3) is 0.765. The van der Waals surface area contributed by atoms with Gasteiger partial charge in [0.2, 0.25) is 0 Å². The Morgan fingerprint density at radius 1 is 1.39 bits per heavy atom. The van der Waals surface area contributed by atoms with Crippen LogP contribution in [0.4, 0.5) is 0 Å². The van der Waals surface area contributed by atoms with Crippen molar-refractivity contribution < 1.29 is 0 Å². The van der Waals surface area contributed by atoms with Crippen molar-refractivity contribution in [1.29, 1.82) is 0 Å². The van der Waals surface area contributed by atoms with Gasteiger partial charge in [0.05, 0.1) is 17.2 Å². The number of halogens is 1. The Labute approximate surface area is 161 Å². The largest absolute Gasteiger partial charge is 0.353 e. The molecule has 1 aromatic rings. The molecule has 2 fully saturated rings. The van der Waals surface area contributed by atoms with E-state index < -0.39 is 0 Å². The number of aryl methyl sites for hydroxylation is 1. The van der Waals surface area contributed by atoms with Crippen LogP contribution in [-0.2, 0) is 6.54 Å². The second kappa shape index (κ2) is 8.65. The van der Waals surface area contributed by atoms with E-state index in [1.807, 2.05) is 7.05 Å².